The van der Waals surface area contributed by atoms with E-state index in [0.29, 0.717) is 17.5 Å². The summed E-state index contributed by atoms with van der Waals surface area (Å²) in [5.74, 6) is -0.821. The third kappa shape index (κ3) is 3.51. The lowest BCUT2D eigenvalue weighted by atomic mass is 9.66. The van der Waals surface area contributed by atoms with E-state index >= 15 is 0 Å². The van der Waals surface area contributed by atoms with Gasteiger partial charge in [-0.15, -0.1) is 0 Å². The fourth-order valence-electron chi connectivity index (χ4n) is 4.49. The van der Waals surface area contributed by atoms with Crippen LogP contribution in [0.1, 0.15) is 28.2 Å². The number of fused-ring (bicyclic) bond motifs is 1. The van der Waals surface area contributed by atoms with Gasteiger partial charge in [0, 0.05) is 30.3 Å². The summed E-state index contributed by atoms with van der Waals surface area (Å²) >= 11 is 0. The Morgan fingerprint density at radius 3 is 2.07 bits per heavy atom. The molecular formula is C22H28O8. The highest BCUT2D eigenvalue weighted by molar-refractivity contribution is 5.63. The van der Waals surface area contributed by atoms with E-state index in [1.165, 1.54) is 21.3 Å². The van der Waals surface area contributed by atoms with Gasteiger partial charge in [0.25, 0.3) is 0 Å². The van der Waals surface area contributed by atoms with Crippen molar-refractivity contribution in [1.29, 1.82) is 0 Å². The molecule has 0 bridgehead atoms. The third-order valence-electron chi connectivity index (χ3n) is 5.97. The van der Waals surface area contributed by atoms with E-state index in [0.717, 1.165) is 5.56 Å². The van der Waals surface area contributed by atoms with Gasteiger partial charge in [-0.25, -0.2) is 0 Å². The molecule has 0 saturated carbocycles. The Bertz CT molecular complexity index is 885. The fraction of sp³-hybridized carbons (Fsp3) is 0.455. The van der Waals surface area contributed by atoms with Gasteiger partial charge in [0.15, 0.2) is 23.0 Å². The Morgan fingerprint density at radius 1 is 0.867 bits per heavy atom. The molecule has 2 aromatic carbocycles. The van der Waals surface area contributed by atoms with Crippen LogP contribution in [0.4, 0.5) is 0 Å². The fourth-order valence-corrected chi connectivity index (χ4v) is 4.49. The monoisotopic (exact) mass is 420 g/mol. The smallest absolute Gasteiger partial charge is 0.201 e. The Kier molecular flexibility index (Phi) is 6.60. The second kappa shape index (κ2) is 8.99. The van der Waals surface area contributed by atoms with Gasteiger partial charge in [-0.3, -0.25) is 0 Å². The molecule has 1 aliphatic carbocycles. The van der Waals surface area contributed by atoms with Crippen LogP contribution >= 0.6 is 0 Å². The van der Waals surface area contributed by atoms with Crippen LogP contribution in [0.25, 0.3) is 0 Å². The summed E-state index contributed by atoms with van der Waals surface area (Å²) in [5.41, 5.74) is 2.39. The zero-order valence-corrected chi connectivity index (χ0v) is 17.3. The molecule has 8 heteroatoms. The molecule has 3 unspecified atom stereocenters. The Morgan fingerprint density at radius 2 is 1.53 bits per heavy atom. The van der Waals surface area contributed by atoms with Crippen LogP contribution in [0.2, 0.25) is 0 Å². The van der Waals surface area contributed by atoms with E-state index in [1.807, 2.05) is 0 Å². The first-order valence-electron chi connectivity index (χ1n) is 9.64. The number of aliphatic hydroxyl groups is 3. The molecule has 5 N–H and O–H groups in total. The van der Waals surface area contributed by atoms with Crippen molar-refractivity contribution in [3.05, 3.63) is 40.5 Å². The molecule has 0 saturated heterocycles. The van der Waals surface area contributed by atoms with E-state index in [2.05, 4.69) is 0 Å². The molecule has 0 spiro atoms. The van der Waals surface area contributed by atoms with Gasteiger partial charge < -0.3 is 39.7 Å². The molecule has 1 aliphatic rings. The molecule has 0 aromatic heterocycles. The molecule has 0 amide bonds. The quantitative estimate of drug-likeness (QED) is 0.456. The molecule has 8 nitrogen and oxygen atoms in total. The summed E-state index contributed by atoms with van der Waals surface area (Å²) in [6.07, 6.45) is 0.461. The van der Waals surface area contributed by atoms with Crippen molar-refractivity contribution in [2.45, 2.75) is 18.9 Å². The molecule has 0 heterocycles. The summed E-state index contributed by atoms with van der Waals surface area (Å²) in [6.45, 7) is -0.772. The Balaban J connectivity index is 2.34. The van der Waals surface area contributed by atoms with Crippen molar-refractivity contribution < 1.29 is 39.7 Å². The van der Waals surface area contributed by atoms with Gasteiger partial charge in [0.05, 0.1) is 27.9 Å². The van der Waals surface area contributed by atoms with Gasteiger partial charge in [-0.1, -0.05) is 0 Å². The lowest BCUT2D eigenvalue weighted by Gasteiger charge is -2.39. The SMILES string of the molecule is COc1cc(C2c3c(cc(OC)c(O)c3OC)CC(CO)C2CO)cc(CO)c1O. The minimum absolute atomic E-state index is 0.144. The molecule has 30 heavy (non-hydrogen) atoms. The molecule has 3 rings (SSSR count). The number of methoxy groups -OCH3 is 3. The highest BCUT2D eigenvalue weighted by Gasteiger charge is 2.41. The number of ether oxygens (including phenoxy) is 3. The zero-order valence-electron chi connectivity index (χ0n) is 17.3. The highest BCUT2D eigenvalue weighted by atomic mass is 16.5. The summed E-state index contributed by atoms with van der Waals surface area (Å²) in [4.78, 5) is 0. The first-order valence-corrected chi connectivity index (χ1v) is 9.64. The second-order valence-electron chi connectivity index (χ2n) is 7.39. The van der Waals surface area contributed by atoms with Crippen molar-refractivity contribution in [1.82, 2.24) is 0 Å². The van der Waals surface area contributed by atoms with Crippen molar-refractivity contribution in [3.8, 4) is 28.7 Å². The van der Waals surface area contributed by atoms with E-state index in [1.54, 1.807) is 18.2 Å². The standard InChI is InChI=1S/C22H28O8/c1-28-16-6-11(5-14(9-24)20(16)26)18-15(10-25)13(8-23)4-12-7-17(29-2)21(27)22(30-3)19(12)18/h5-7,13,15,18,23-27H,4,8-10H2,1-3H3. The maximum atomic E-state index is 10.7. The van der Waals surface area contributed by atoms with Crippen LogP contribution in [0, 0.1) is 11.8 Å². The second-order valence-corrected chi connectivity index (χ2v) is 7.39. The van der Waals surface area contributed by atoms with Crippen molar-refractivity contribution in [3.63, 3.8) is 0 Å². The first-order chi connectivity index (χ1) is 14.4. The van der Waals surface area contributed by atoms with Gasteiger partial charge in [-0.05, 0) is 47.6 Å². The number of phenolic OH excluding ortho intramolecular Hbond substituents is 1. The highest BCUT2D eigenvalue weighted by Crippen LogP contribution is 2.53. The lowest BCUT2D eigenvalue weighted by Crippen LogP contribution is -2.35. The predicted octanol–water partition coefficient (Wildman–Crippen LogP) is 1.52. The largest absolute Gasteiger partial charge is 0.504 e. The number of aromatic hydroxyl groups is 2. The van der Waals surface area contributed by atoms with Crippen LogP contribution in [0.15, 0.2) is 18.2 Å². The van der Waals surface area contributed by atoms with Gasteiger partial charge >= 0.3 is 0 Å². The summed E-state index contributed by atoms with van der Waals surface area (Å²) < 4.78 is 16.1. The van der Waals surface area contributed by atoms with Crippen LogP contribution in [-0.2, 0) is 13.0 Å². The molecular weight excluding hydrogens is 392 g/mol. The average Bonchev–Trinajstić information content (AvgIpc) is 2.77. The molecule has 0 aliphatic heterocycles. The molecule has 2 aromatic rings. The Hall–Kier alpha value is -2.68. The van der Waals surface area contributed by atoms with Gasteiger partial charge in [-0.2, -0.15) is 0 Å². The van der Waals surface area contributed by atoms with Crippen LogP contribution in [-0.4, -0.2) is 60.1 Å². The minimum atomic E-state index is -0.498. The van der Waals surface area contributed by atoms with Crippen LogP contribution < -0.4 is 14.2 Å². The third-order valence-corrected chi connectivity index (χ3v) is 5.97. The van der Waals surface area contributed by atoms with Gasteiger partial charge in [0.2, 0.25) is 5.75 Å². The Labute approximate surface area is 174 Å². The van der Waals surface area contributed by atoms with Crippen molar-refractivity contribution in [2.75, 3.05) is 34.5 Å². The van der Waals surface area contributed by atoms with Crippen molar-refractivity contribution in [2.24, 2.45) is 11.8 Å². The maximum absolute atomic E-state index is 10.7. The normalized spacial score (nSPS) is 20.5. The maximum Gasteiger partial charge on any atom is 0.201 e. The van der Waals surface area contributed by atoms with Crippen LogP contribution in [0.3, 0.4) is 0 Å². The number of hydrogen-bond donors (Lipinski definition) is 5. The number of phenols is 2. The topological polar surface area (TPSA) is 129 Å². The minimum Gasteiger partial charge on any atom is -0.504 e. The molecule has 3 atom stereocenters. The van der Waals surface area contributed by atoms with E-state index in [9.17, 15) is 25.5 Å². The number of rotatable bonds is 7. The van der Waals surface area contributed by atoms with E-state index < -0.39 is 18.4 Å². The summed E-state index contributed by atoms with van der Waals surface area (Å²) in [6, 6.07) is 4.97. The number of aliphatic hydroxyl groups excluding tert-OH is 3. The number of benzene rings is 2. The van der Waals surface area contributed by atoms with E-state index in [-0.39, 0.29) is 53.4 Å². The first kappa shape index (κ1) is 22.0. The lowest BCUT2D eigenvalue weighted by molar-refractivity contribution is 0.0999. The zero-order chi connectivity index (χ0) is 22.0. The summed E-state index contributed by atoms with van der Waals surface area (Å²) in [5, 5.41) is 50.9. The van der Waals surface area contributed by atoms with E-state index in [4.69, 9.17) is 14.2 Å². The molecule has 0 fully saturated rings. The summed E-state index contributed by atoms with van der Waals surface area (Å²) in [7, 11) is 4.29. The molecule has 0 radical (unpaired) electrons. The number of hydrogen-bond acceptors (Lipinski definition) is 8. The van der Waals surface area contributed by atoms with Crippen LogP contribution in [0.5, 0.6) is 28.7 Å². The van der Waals surface area contributed by atoms with Crippen molar-refractivity contribution >= 4 is 0 Å². The predicted molar refractivity (Wildman–Crippen MR) is 108 cm³/mol. The van der Waals surface area contributed by atoms with Gasteiger partial charge in [0.1, 0.15) is 0 Å². The average molecular weight is 420 g/mol. The molecule has 164 valence electrons.